The van der Waals surface area contributed by atoms with Crippen LogP contribution in [0, 0.1) is 6.92 Å². The minimum Gasteiger partial charge on any atom is -0.481 e. The summed E-state index contributed by atoms with van der Waals surface area (Å²) in [4.78, 5) is 15.1. The number of tetrazole rings is 1. The van der Waals surface area contributed by atoms with E-state index in [1.165, 1.54) is 0 Å². The lowest BCUT2D eigenvalue weighted by molar-refractivity contribution is -0.138. The molecule has 19 heavy (non-hydrogen) atoms. The summed E-state index contributed by atoms with van der Waals surface area (Å²) >= 11 is 0. The molecule has 2 rings (SSSR count). The van der Waals surface area contributed by atoms with Crippen molar-refractivity contribution in [1.29, 1.82) is 0 Å². The van der Waals surface area contributed by atoms with E-state index in [1.807, 2.05) is 26.0 Å². The molecule has 7 nitrogen and oxygen atoms in total. The fraction of sp³-hybridized carbons (Fsp3) is 0.417. The minimum absolute atomic E-state index is 0.0135. The summed E-state index contributed by atoms with van der Waals surface area (Å²) in [5.74, 6) is -0.364. The lowest BCUT2D eigenvalue weighted by Crippen LogP contribution is -2.16. The van der Waals surface area contributed by atoms with Crippen LogP contribution in [-0.2, 0) is 4.79 Å². The number of rotatable bonds is 5. The summed E-state index contributed by atoms with van der Waals surface area (Å²) in [6.07, 6.45) is 2.29. The normalized spacial score (nSPS) is 12.3. The largest absolute Gasteiger partial charge is 0.481 e. The molecule has 1 atom stereocenters. The molecule has 0 bridgehead atoms. The van der Waals surface area contributed by atoms with Crippen molar-refractivity contribution in [2.24, 2.45) is 0 Å². The number of hydrogen-bond donors (Lipinski definition) is 1. The number of carboxylic acids is 1. The van der Waals surface area contributed by atoms with Crippen LogP contribution >= 0.6 is 0 Å². The number of aliphatic carboxylic acids is 1. The van der Waals surface area contributed by atoms with Gasteiger partial charge in [-0.25, -0.2) is 4.68 Å². The van der Waals surface area contributed by atoms with E-state index in [9.17, 15) is 4.79 Å². The molecule has 1 N–H and O–H groups in total. The number of aromatic nitrogens is 5. The zero-order valence-corrected chi connectivity index (χ0v) is 10.8. The van der Waals surface area contributed by atoms with Gasteiger partial charge in [-0.05, 0) is 35.4 Å². The van der Waals surface area contributed by atoms with E-state index in [2.05, 4.69) is 20.5 Å². The van der Waals surface area contributed by atoms with Crippen molar-refractivity contribution in [3.8, 4) is 11.5 Å². The summed E-state index contributed by atoms with van der Waals surface area (Å²) in [6, 6.07) is 3.48. The van der Waals surface area contributed by atoms with Crippen LogP contribution in [0.15, 0.2) is 18.3 Å². The maximum atomic E-state index is 10.9. The standard InChI is InChI=1S/C12H15N5O2/c1-3-9(7-10(18)19)17-12(14-15-16-17)11-8(2)5-4-6-13-11/h4-6,9H,3,7H2,1-2H3,(H,18,19). The summed E-state index contributed by atoms with van der Waals surface area (Å²) < 4.78 is 1.55. The molecule has 0 saturated carbocycles. The predicted octanol–water partition coefficient (Wildman–Crippen LogP) is 1.47. The molecule has 0 amide bonds. The molecular formula is C12H15N5O2. The van der Waals surface area contributed by atoms with Crippen molar-refractivity contribution < 1.29 is 9.90 Å². The zero-order chi connectivity index (χ0) is 13.8. The molecular weight excluding hydrogens is 246 g/mol. The third kappa shape index (κ3) is 2.75. The Bertz CT molecular complexity index is 581. The quantitative estimate of drug-likeness (QED) is 0.875. The van der Waals surface area contributed by atoms with Gasteiger partial charge in [0, 0.05) is 6.20 Å². The second-order valence-corrected chi connectivity index (χ2v) is 4.28. The average Bonchev–Trinajstić information content (AvgIpc) is 2.85. The van der Waals surface area contributed by atoms with Crippen molar-refractivity contribution in [2.75, 3.05) is 0 Å². The van der Waals surface area contributed by atoms with E-state index < -0.39 is 5.97 Å². The average molecular weight is 261 g/mol. The van der Waals surface area contributed by atoms with Crippen molar-refractivity contribution in [3.05, 3.63) is 23.9 Å². The molecule has 1 unspecified atom stereocenters. The zero-order valence-electron chi connectivity index (χ0n) is 10.8. The Morgan fingerprint density at radius 3 is 2.95 bits per heavy atom. The van der Waals surface area contributed by atoms with E-state index in [0.717, 1.165) is 5.56 Å². The molecule has 2 aromatic rings. The first-order valence-corrected chi connectivity index (χ1v) is 6.05. The molecule has 0 aliphatic carbocycles. The van der Waals surface area contributed by atoms with Crippen molar-refractivity contribution in [1.82, 2.24) is 25.2 Å². The number of nitrogens with zero attached hydrogens (tertiary/aromatic N) is 5. The van der Waals surface area contributed by atoms with Crippen LogP contribution in [-0.4, -0.2) is 36.3 Å². The third-order valence-corrected chi connectivity index (χ3v) is 2.94. The van der Waals surface area contributed by atoms with E-state index in [4.69, 9.17) is 5.11 Å². The molecule has 0 spiro atoms. The van der Waals surface area contributed by atoms with Gasteiger partial charge in [-0.1, -0.05) is 13.0 Å². The SMILES string of the molecule is CCC(CC(=O)O)n1nnnc1-c1ncccc1C. The second-order valence-electron chi connectivity index (χ2n) is 4.28. The molecule has 0 fully saturated rings. The van der Waals surface area contributed by atoms with Crippen molar-refractivity contribution in [2.45, 2.75) is 32.7 Å². The second kappa shape index (κ2) is 5.55. The van der Waals surface area contributed by atoms with Gasteiger partial charge in [0.05, 0.1) is 12.5 Å². The number of carboxylic acid groups (broad SMARTS) is 1. The Morgan fingerprint density at radius 1 is 1.53 bits per heavy atom. The summed E-state index contributed by atoms with van der Waals surface area (Å²) in [5, 5.41) is 20.5. The number of pyridine rings is 1. The van der Waals surface area contributed by atoms with Gasteiger partial charge in [-0.3, -0.25) is 9.78 Å². The molecule has 0 aromatic carbocycles. The Morgan fingerprint density at radius 2 is 2.32 bits per heavy atom. The van der Waals surface area contributed by atoms with E-state index in [0.29, 0.717) is 17.9 Å². The minimum atomic E-state index is -0.869. The van der Waals surface area contributed by atoms with E-state index in [1.54, 1.807) is 10.9 Å². The van der Waals surface area contributed by atoms with Gasteiger partial charge < -0.3 is 5.11 Å². The highest BCUT2D eigenvalue weighted by Crippen LogP contribution is 2.23. The Kier molecular flexibility index (Phi) is 3.84. The maximum absolute atomic E-state index is 10.9. The molecule has 7 heteroatoms. The lowest BCUT2D eigenvalue weighted by Gasteiger charge is -2.14. The monoisotopic (exact) mass is 261 g/mol. The highest BCUT2D eigenvalue weighted by molar-refractivity contribution is 5.67. The molecule has 100 valence electrons. The van der Waals surface area contributed by atoms with Gasteiger partial charge in [-0.15, -0.1) is 5.10 Å². The molecule has 0 aliphatic rings. The maximum Gasteiger partial charge on any atom is 0.305 e. The fourth-order valence-electron chi connectivity index (χ4n) is 1.92. The van der Waals surface area contributed by atoms with E-state index in [-0.39, 0.29) is 12.5 Å². The highest BCUT2D eigenvalue weighted by atomic mass is 16.4. The first-order chi connectivity index (χ1) is 9.13. The van der Waals surface area contributed by atoms with Gasteiger partial charge in [0.1, 0.15) is 5.69 Å². The van der Waals surface area contributed by atoms with Crippen LogP contribution in [0.5, 0.6) is 0 Å². The number of hydrogen-bond acceptors (Lipinski definition) is 5. The van der Waals surface area contributed by atoms with Crippen LogP contribution < -0.4 is 0 Å². The Balaban J connectivity index is 2.42. The molecule has 2 heterocycles. The molecule has 0 aliphatic heterocycles. The van der Waals surface area contributed by atoms with Gasteiger partial charge in [-0.2, -0.15) is 0 Å². The van der Waals surface area contributed by atoms with Gasteiger partial charge in [0.25, 0.3) is 0 Å². The number of aryl methyl sites for hydroxylation is 1. The predicted molar refractivity (Wildman–Crippen MR) is 67.4 cm³/mol. The first kappa shape index (κ1) is 13.1. The topological polar surface area (TPSA) is 93.8 Å². The summed E-state index contributed by atoms with van der Waals surface area (Å²) in [5.41, 5.74) is 1.63. The van der Waals surface area contributed by atoms with Crippen molar-refractivity contribution in [3.63, 3.8) is 0 Å². The molecule has 0 saturated heterocycles. The summed E-state index contributed by atoms with van der Waals surface area (Å²) in [7, 11) is 0. The van der Waals surface area contributed by atoms with Crippen LogP contribution in [0.4, 0.5) is 0 Å². The van der Waals surface area contributed by atoms with Gasteiger partial charge >= 0.3 is 5.97 Å². The fourth-order valence-corrected chi connectivity index (χ4v) is 1.92. The summed E-state index contributed by atoms with van der Waals surface area (Å²) in [6.45, 7) is 3.82. The van der Waals surface area contributed by atoms with E-state index >= 15 is 0 Å². The van der Waals surface area contributed by atoms with Crippen LogP contribution in [0.2, 0.25) is 0 Å². The van der Waals surface area contributed by atoms with Crippen molar-refractivity contribution >= 4 is 5.97 Å². The molecule has 0 radical (unpaired) electrons. The molecule has 2 aromatic heterocycles. The van der Waals surface area contributed by atoms with Crippen LogP contribution in [0.25, 0.3) is 11.5 Å². The highest BCUT2D eigenvalue weighted by Gasteiger charge is 2.21. The van der Waals surface area contributed by atoms with Crippen LogP contribution in [0.3, 0.4) is 0 Å². The smallest absolute Gasteiger partial charge is 0.305 e. The number of carbonyl (C=O) groups is 1. The third-order valence-electron chi connectivity index (χ3n) is 2.94. The van der Waals surface area contributed by atoms with Crippen LogP contribution in [0.1, 0.15) is 31.4 Å². The van der Waals surface area contributed by atoms with Gasteiger partial charge in [0.2, 0.25) is 5.82 Å². The Labute approximate surface area is 110 Å². The lowest BCUT2D eigenvalue weighted by atomic mass is 10.1. The van der Waals surface area contributed by atoms with Gasteiger partial charge in [0.15, 0.2) is 0 Å². The Hall–Kier alpha value is -2.31. The first-order valence-electron chi connectivity index (χ1n) is 6.05.